The number of benzene rings is 1. The van der Waals surface area contributed by atoms with Crippen LogP contribution in [0, 0.1) is 0 Å². The number of morpholine rings is 1. The Balaban J connectivity index is 2.06. The van der Waals surface area contributed by atoms with Crippen molar-refractivity contribution in [1.29, 1.82) is 0 Å². The Morgan fingerprint density at radius 2 is 2.17 bits per heavy atom. The molecule has 3 N–H and O–H groups in total. The molecule has 0 aromatic heterocycles. The van der Waals surface area contributed by atoms with Crippen molar-refractivity contribution in [1.82, 2.24) is 4.90 Å². The van der Waals surface area contributed by atoms with Crippen LogP contribution in [0.1, 0.15) is 17.3 Å². The Hall–Kier alpha value is -1.59. The number of hydrogen-bond donors (Lipinski definition) is 2. The summed E-state index contributed by atoms with van der Waals surface area (Å²) in [6.45, 7) is 3.47. The monoisotopic (exact) mass is 250 g/mol. The molecule has 2 atom stereocenters. The van der Waals surface area contributed by atoms with Gasteiger partial charge in [-0.15, -0.1) is 0 Å². The van der Waals surface area contributed by atoms with Gasteiger partial charge in [0.05, 0.1) is 12.7 Å². The summed E-state index contributed by atoms with van der Waals surface area (Å²) in [7, 11) is 0. The van der Waals surface area contributed by atoms with Gasteiger partial charge in [-0.25, -0.2) is 0 Å². The third-order valence-electron chi connectivity index (χ3n) is 3.08. The fraction of sp³-hybridized carbons (Fsp3) is 0.462. The minimum absolute atomic E-state index is 0.0519. The fourth-order valence-electron chi connectivity index (χ4n) is 1.96. The molecule has 5 nitrogen and oxygen atoms in total. The van der Waals surface area contributed by atoms with E-state index in [1.165, 1.54) is 12.1 Å². The highest BCUT2D eigenvalue weighted by Crippen LogP contribution is 2.15. The lowest BCUT2D eigenvalue weighted by molar-refractivity contribution is -0.0300. The Kier molecular flexibility index (Phi) is 3.84. The van der Waals surface area contributed by atoms with Crippen LogP contribution in [0.4, 0.5) is 0 Å². The molecule has 1 aromatic rings. The smallest absolute Gasteiger partial charge is 0.254 e. The summed E-state index contributed by atoms with van der Waals surface area (Å²) in [5.74, 6) is 0.103. The summed E-state index contributed by atoms with van der Waals surface area (Å²) < 4.78 is 5.52. The second kappa shape index (κ2) is 5.37. The van der Waals surface area contributed by atoms with Gasteiger partial charge in [-0.3, -0.25) is 4.79 Å². The number of phenols is 1. The van der Waals surface area contributed by atoms with E-state index >= 15 is 0 Å². The van der Waals surface area contributed by atoms with Crippen molar-refractivity contribution in [3.05, 3.63) is 29.8 Å². The van der Waals surface area contributed by atoms with Crippen molar-refractivity contribution < 1.29 is 14.6 Å². The second-order valence-corrected chi connectivity index (χ2v) is 4.57. The van der Waals surface area contributed by atoms with Gasteiger partial charge in [-0.1, -0.05) is 0 Å². The van der Waals surface area contributed by atoms with Crippen LogP contribution in [0.2, 0.25) is 0 Å². The molecule has 2 rings (SSSR count). The van der Waals surface area contributed by atoms with Crippen LogP contribution < -0.4 is 5.73 Å². The van der Waals surface area contributed by atoms with E-state index in [1.54, 1.807) is 17.0 Å². The first-order chi connectivity index (χ1) is 8.58. The van der Waals surface area contributed by atoms with Crippen LogP contribution in [0.15, 0.2) is 24.3 Å². The van der Waals surface area contributed by atoms with Crippen LogP contribution in [-0.2, 0) is 4.74 Å². The van der Waals surface area contributed by atoms with Gasteiger partial charge in [0.15, 0.2) is 0 Å². The highest BCUT2D eigenvalue weighted by Gasteiger charge is 2.27. The Morgan fingerprint density at radius 3 is 2.78 bits per heavy atom. The Labute approximate surface area is 106 Å². The van der Waals surface area contributed by atoms with E-state index in [9.17, 15) is 9.90 Å². The first-order valence-electron chi connectivity index (χ1n) is 6.03. The molecule has 0 aliphatic carbocycles. The molecule has 0 saturated carbocycles. The van der Waals surface area contributed by atoms with Gasteiger partial charge in [0, 0.05) is 24.7 Å². The van der Waals surface area contributed by atoms with Crippen LogP contribution >= 0.6 is 0 Å². The van der Waals surface area contributed by atoms with E-state index in [-0.39, 0.29) is 23.8 Å². The first-order valence-corrected chi connectivity index (χ1v) is 6.03. The summed E-state index contributed by atoms with van der Waals surface area (Å²) in [4.78, 5) is 14.0. The summed E-state index contributed by atoms with van der Waals surface area (Å²) >= 11 is 0. The third-order valence-corrected chi connectivity index (χ3v) is 3.08. The molecule has 1 aliphatic heterocycles. The second-order valence-electron chi connectivity index (χ2n) is 4.57. The lowest BCUT2D eigenvalue weighted by Crippen LogP contribution is -2.51. The Morgan fingerprint density at radius 1 is 1.50 bits per heavy atom. The number of phenolic OH excluding ortho intramolecular Hbond substituents is 1. The number of hydrogen-bond acceptors (Lipinski definition) is 4. The van der Waals surface area contributed by atoms with Gasteiger partial charge in [-0.2, -0.15) is 0 Å². The van der Waals surface area contributed by atoms with E-state index in [0.29, 0.717) is 25.3 Å². The molecule has 1 aromatic carbocycles. The van der Waals surface area contributed by atoms with E-state index in [1.807, 2.05) is 6.92 Å². The topological polar surface area (TPSA) is 75.8 Å². The molecule has 0 spiro atoms. The molecule has 98 valence electrons. The molecular formula is C13H18N2O3. The normalized spacial score (nSPS) is 21.7. The lowest BCUT2D eigenvalue weighted by Gasteiger charge is -2.34. The van der Waals surface area contributed by atoms with Crippen LogP contribution in [0.25, 0.3) is 0 Å². The molecule has 1 amide bonds. The lowest BCUT2D eigenvalue weighted by atomic mass is 10.1. The first kappa shape index (κ1) is 12.9. The van der Waals surface area contributed by atoms with Gasteiger partial charge in [0.25, 0.3) is 5.91 Å². The minimum atomic E-state index is -0.111. The van der Waals surface area contributed by atoms with Gasteiger partial charge >= 0.3 is 0 Å². The maximum absolute atomic E-state index is 12.2. The molecule has 1 saturated heterocycles. The molecular weight excluding hydrogens is 232 g/mol. The zero-order valence-electron chi connectivity index (χ0n) is 10.4. The van der Waals surface area contributed by atoms with Crippen molar-refractivity contribution in [2.24, 2.45) is 5.73 Å². The summed E-state index contributed by atoms with van der Waals surface area (Å²) in [6.07, 6.45) is -0.111. The quantitative estimate of drug-likeness (QED) is 0.805. The predicted octanol–water partition coefficient (Wildman–Crippen LogP) is 0.580. The SMILES string of the molecule is CC(N)C1CN(C(=O)c2ccc(O)cc2)CCO1. The fourth-order valence-corrected chi connectivity index (χ4v) is 1.96. The van der Waals surface area contributed by atoms with E-state index in [0.717, 1.165) is 0 Å². The predicted molar refractivity (Wildman–Crippen MR) is 67.4 cm³/mol. The molecule has 1 fully saturated rings. The largest absolute Gasteiger partial charge is 0.508 e. The molecule has 1 aliphatic rings. The van der Waals surface area contributed by atoms with Gasteiger partial charge in [0.2, 0.25) is 0 Å². The third kappa shape index (κ3) is 2.80. The average Bonchev–Trinajstić information content (AvgIpc) is 2.39. The van der Waals surface area contributed by atoms with Gasteiger partial charge in [-0.05, 0) is 31.2 Å². The summed E-state index contributed by atoms with van der Waals surface area (Å²) in [5.41, 5.74) is 6.36. The number of amides is 1. The minimum Gasteiger partial charge on any atom is -0.508 e. The molecule has 0 radical (unpaired) electrons. The number of nitrogens with zero attached hydrogens (tertiary/aromatic N) is 1. The highest BCUT2D eigenvalue weighted by molar-refractivity contribution is 5.94. The van der Waals surface area contributed by atoms with Gasteiger partial charge < -0.3 is 20.5 Å². The number of rotatable bonds is 2. The van der Waals surface area contributed by atoms with Crippen molar-refractivity contribution >= 4 is 5.91 Å². The van der Waals surface area contributed by atoms with Gasteiger partial charge in [0.1, 0.15) is 5.75 Å². The highest BCUT2D eigenvalue weighted by atomic mass is 16.5. The average molecular weight is 250 g/mol. The molecule has 2 unspecified atom stereocenters. The zero-order valence-corrected chi connectivity index (χ0v) is 10.4. The van der Waals surface area contributed by atoms with E-state index < -0.39 is 0 Å². The molecule has 1 heterocycles. The standard InChI is InChI=1S/C13H18N2O3/c1-9(14)12-8-15(6-7-18-12)13(17)10-2-4-11(16)5-3-10/h2-5,9,12,16H,6-8,14H2,1H3. The number of ether oxygens (including phenoxy) is 1. The number of aromatic hydroxyl groups is 1. The maximum Gasteiger partial charge on any atom is 0.254 e. The number of carbonyl (C=O) groups excluding carboxylic acids is 1. The van der Waals surface area contributed by atoms with Crippen molar-refractivity contribution in [2.75, 3.05) is 19.7 Å². The Bertz CT molecular complexity index is 417. The maximum atomic E-state index is 12.2. The van der Waals surface area contributed by atoms with Crippen LogP contribution in [0.5, 0.6) is 5.75 Å². The van der Waals surface area contributed by atoms with E-state index in [4.69, 9.17) is 10.5 Å². The molecule has 18 heavy (non-hydrogen) atoms. The number of nitrogens with two attached hydrogens (primary N) is 1. The zero-order chi connectivity index (χ0) is 13.1. The van der Waals surface area contributed by atoms with Crippen molar-refractivity contribution in [3.63, 3.8) is 0 Å². The van der Waals surface area contributed by atoms with Crippen LogP contribution in [0.3, 0.4) is 0 Å². The summed E-state index contributed by atoms with van der Waals surface area (Å²) in [5, 5.41) is 9.20. The summed E-state index contributed by atoms with van der Waals surface area (Å²) in [6, 6.07) is 6.16. The van der Waals surface area contributed by atoms with Crippen molar-refractivity contribution in [3.8, 4) is 5.75 Å². The number of carbonyl (C=O) groups is 1. The molecule has 5 heteroatoms. The molecule has 0 bridgehead atoms. The van der Waals surface area contributed by atoms with Crippen LogP contribution in [-0.4, -0.2) is 47.8 Å². The van der Waals surface area contributed by atoms with E-state index in [2.05, 4.69) is 0 Å². The van der Waals surface area contributed by atoms with Crippen molar-refractivity contribution in [2.45, 2.75) is 19.1 Å².